The molecular formula is C9H15NO3S2. The van der Waals surface area contributed by atoms with Crippen molar-refractivity contribution < 1.29 is 14.7 Å². The van der Waals surface area contributed by atoms with E-state index in [9.17, 15) is 9.59 Å². The Bertz CT molecular complexity index is 260. The van der Waals surface area contributed by atoms with E-state index in [1.807, 2.05) is 6.26 Å². The molecule has 1 fully saturated rings. The Labute approximate surface area is 98.8 Å². The first-order valence-corrected chi connectivity index (χ1v) is 6.66. The highest BCUT2D eigenvalue weighted by molar-refractivity contribution is 7.98. The van der Waals surface area contributed by atoms with Crippen molar-refractivity contribution in [2.24, 2.45) is 0 Å². The number of amides is 1. The van der Waals surface area contributed by atoms with E-state index in [0.29, 0.717) is 19.4 Å². The Morgan fingerprint density at radius 1 is 1.80 bits per heavy atom. The number of carbonyl (C=O) groups is 2. The average Bonchev–Trinajstić information content (AvgIpc) is 2.46. The molecule has 15 heavy (non-hydrogen) atoms. The van der Waals surface area contributed by atoms with Crippen molar-refractivity contribution in [1.82, 2.24) is 4.90 Å². The van der Waals surface area contributed by atoms with Gasteiger partial charge in [-0.05, 0) is 18.4 Å². The number of hydrogen-bond acceptors (Lipinski definition) is 4. The zero-order valence-electron chi connectivity index (χ0n) is 8.55. The number of thiol groups is 1. The molecule has 0 aromatic heterocycles. The van der Waals surface area contributed by atoms with E-state index in [-0.39, 0.29) is 11.2 Å². The van der Waals surface area contributed by atoms with Gasteiger partial charge >= 0.3 is 5.97 Å². The van der Waals surface area contributed by atoms with Gasteiger partial charge in [-0.25, -0.2) is 4.79 Å². The van der Waals surface area contributed by atoms with Gasteiger partial charge in [0.2, 0.25) is 5.91 Å². The third-order valence-corrected chi connectivity index (χ3v) is 3.38. The van der Waals surface area contributed by atoms with Gasteiger partial charge in [0.1, 0.15) is 6.04 Å². The van der Waals surface area contributed by atoms with Crippen LogP contribution in [0.25, 0.3) is 0 Å². The van der Waals surface area contributed by atoms with Crippen molar-refractivity contribution in [3.05, 3.63) is 0 Å². The molecule has 0 bridgehead atoms. The average molecular weight is 249 g/mol. The second kappa shape index (κ2) is 5.65. The molecule has 4 nitrogen and oxygen atoms in total. The van der Waals surface area contributed by atoms with E-state index in [0.717, 1.165) is 5.75 Å². The van der Waals surface area contributed by atoms with Crippen LogP contribution in [-0.4, -0.2) is 51.7 Å². The van der Waals surface area contributed by atoms with Crippen molar-refractivity contribution in [2.75, 3.05) is 18.6 Å². The fraction of sp³-hybridized carbons (Fsp3) is 0.778. The molecular weight excluding hydrogens is 234 g/mol. The van der Waals surface area contributed by atoms with Crippen LogP contribution in [0.1, 0.15) is 12.8 Å². The van der Waals surface area contributed by atoms with Crippen molar-refractivity contribution in [3.8, 4) is 0 Å². The maximum atomic E-state index is 11.5. The molecule has 86 valence electrons. The van der Waals surface area contributed by atoms with Gasteiger partial charge in [-0.1, -0.05) is 0 Å². The number of likely N-dealkylation sites (tertiary alicyclic amines) is 1. The van der Waals surface area contributed by atoms with Gasteiger partial charge in [0, 0.05) is 18.2 Å². The van der Waals surface area contributed by atoms with E-state index in [1.165, 1.54) is 4.90 Å². The predicted octanol–water partition coefficient (Wildman–Crippen LogP) is 0.723. The van der Waals surface area contributed by atoms with Crippen LogP contribution in [-0.2, 0) is 9.59 Å². The second-order valence-electron chi connectivity index (χ2n) is 3.54. The van der Waals surface area contributed by atoms with Gasteiger partial charge in [0.05, 0.1) is 0 Å². The lowest BCUT2D eigenvalue weighted by atomic mass is 10.2. The van der Waals surface area contributed by atoms with Gasteiger partial charge in [-0.15, -0.1) is 0 Å². The minimum absolute atomic E-state index is 0.0198. The largest absolute Gasteiger partial charge is 0.480 e. The molecule has 0 aromatic rings. The number of rotatable bonds is 5. The lowest BCUT2D eigenvalue weighted by Crippen LogP contribution is -2.42. The molecule has 6 heteroatoms. The highest BCUT2D eigenvalue weighted by Gasteiger charge is 2.35. The molecule has 1 saturated heterocycles. The Balaban J connectivity index is 2.63. The van der Waals surface area contributed by atoms with Crippen molar-refractivity contribution in [2.45, 2.75) is 24.1 Å². The maximum absolute atomic E-state index is 11.5. The highest BCUT2D eigenvalue weighted by atomic mass is 32.2. The molecule has 0 spiro atoms. The van der Waals surface area contributed by atoms with E-state index < -0.39 is 12.0 Å². The van der Waals surface area contributed by atoms with Crippen LogP contribution in [0.5, 0.6) is 0 Å². The zero-order valence-corrected chi connectivity index (χ0v) is 10.3. The van der Waals surface area contributed by atoms with E-state index in [2.05, 4.69) is 12.6 Å². The molecule has 1 amide bonds. The van der Waals surface area contributed by atoms with Gasteiger partial charge in [-0.2, -0.15) is 24.4 Å². The molecule has 0 radical (unpaired) electrons. The van der Waals surface area contributed by atoms with Crippen molar-refractivity contribution in [3.63, 3.8) is 0 Å². The van der Waals surface area contributed by atoms with Crippen molar-refractivity contribution >= 4 is 36.3 Å². The second-order valence-corrected chi connectivity index (χ2v) is 5.26. The van der Waals surface area contributed by atoms with Gasteiger partial charge in [-0.3, -0.25) is 4.79 Å². The molecule has 1 N–H and O–H groups in total. The lowest BCUT2D eigenvalue weighted by molar-refractivity contribution is -0.148. The number of nitrogens with zero attached hydrogens (tertiary/aromatic N) is 1. The monoisotopic (exact) mass is 249 g/mol. The summed E-state index contributed by atoms with van der Waals surface area (Å²) in [4.78, 5) is 24.0. The standard InChI is InChI=1S/C9H15NO3S2/c1-15-3-2-7(9(12)13)10-5-6(14)4-8(10)11/h6-7,14H,2-5H2,1H3,(H,12,13). The van der Waals surface area contributed by atoms with E-state index in [4.69, 9.17) is 5.11 Å². The normalized spacial score (nSPS) is 23.2. The number of thioether (sulfide) groups is 1. The molecule has 1 aliphatic heterocycles. The topological polar surface area (TPSA) is 57.6 Å². The number of carbonyl (C=O) groups excluding carboxylic acids is 1. The van der Waals surface area contributed by atoms with Crippen LogP contribution in [0.15, 0.2) is 0 Å². The van der Waals surface area contributed by atoms with Crippen LogP contribution in [0.4, 0.5) is 0 Å². The van der Waals surface area contributed by atoms with E-state index >= 15 is 0 Å². The summed E-state index contributed by atoms with van der Waals surface area (Å²) in [6.07, 6.45) is 2.78. The Kier molecular flexibility index (Phi) is 4.79. The lowest BCUT2D eigenvalue weighted by Gasteiger charge is -2.24. The first-order valence-electron chi connectivity index (χ1n) is 4.75. The van der Waals surface area contributed by atoms with Gasteiger partial charge < -0.3 is 10.0 Å². The Hall–Kier alpha value is -0.360. The number of carboxylic acid groups (broad SMARTS) is 1. The third kappa shape index (κ3) is 3.31. The molecule has 0 aliphatic carbocycles. The quantitative estimate of drug-likeness (QED) is 0.705. The summed E-state index contributed by atoms with van der Waals surface area (Å²) in [5.74, 6) is -0.263. The molecule has 0 aromatic carbocycles. The summed E-state index contributed by atoms with van der Waals surface area (Å²) in [7, 11) is 0. The summed E-state index contributed by atoms with van der Waals surface area (Å²) in [5.41, 5.74) is 0. The van der Waals surface area contributed by atoms with Crippen LogP contribution >= 0.6 is 24.4 Å². The molecule has 1 rings (SSSR count). The smallest absolute Gasteiger partial charge is 0.326 e. The predicted molar refractivity (Wildman–Crippen MR) is 63.5 cm³/mol. The minimum Gasteiger partial charge on any atom is -0.480 e. The third-order valence-electron chi connectivity index (χ3n) is 2.39. The molecule has 1 heterocycles. The highest BCUT2D eigenvalue weighted by Crippen LogP contribution is 2.21. The molecule has 0 saturated carbocycles. The minimum atomic E-state index is -0.917. The Morgan fingerprint density at radius 2 is 2.47 bits per heavy atom. The van der Waals surface area contributed by atoms with Gasteiger partial charge in [0.25, 0.3) is 0 Å². The molecule has 2 unspecified atom stereocenters. The summed E-state index contributed by atoms with van der Waals surface area (Å²) in [5, 5.41) is 9.02. The first-order chi connectivity index (χ1) is 7.06. The summed E-state index contributed by atoms with van der Waals surface area (Å²) in [6.45, 7) is 0.452. The van der Waals surface area contributed by atoms with Gasteiger partial charge in [0.15, 0.2) is 0 Å². The first kappa shape index (κ1) is 12.7. The number of aliphatic carboxylic acids is 1. The Morgan fingerprint density at radius 3 is 2.87 bits per heavy atom. The van der Waals surface area contributed by atoms with E-state index in [1.54, 1.807) is 11.8 Å². The number of hydrogen-bond donors (Lipinski definition) is 2. The maximum Gasteiger partial charge on any atom is 0.326 e. The molecule has 2 atom stereocenters. The molecule has 1 aliphatic rings. The van der Waals surface area contributed by atoms with Crippen LogP contribution < -0.4 is 0 Å². The summed E-state index contributed by atoms with van der Waals surface area (Å²) in [6, 6.07) is -0.679. The fourth-order valence-electron chi connectivity index (χ4n) is 1.66. The summed E-state index contributed by atoms with van der Waals surface area (Å²) < 4.78 is 0. The van der Waals surface area contributed by atoms with Crippen LogP contribution in [0.3, 0.4) is 0 Å². The van der Waals surface area contributed by atoms with Crippen LogP contribution in [0, 0.1) is 0 Å². The SMILES string of the molecule is CSCCC(C(=O)O)N1CC(S)CC1=O. The van der Waals surface area contributed by atoms with Crippen LogP contribution in [0.2, 0.25) is 0 Å². The number of carboxylic acids is 1. The van der Waals surface area contributed by atoms with Crippen molar-refractivity contribution in [1.29, 1.82) is 0 Å². The zero-order chi connectivity index (χ0) is 11.4. The fourth-order valence-corrected chi connectivity index (χ4v) is 2.45. The summed E-state index contributed by atoms with van der Waals surface area (Å²) >= 11 is 5.79.